The summed E-state index contributed by atoms with van der Waals surface area (Å²) in [6, 6.07) is 5.56. The summed E-state index contributed by atoms with van der Waals surface area (Å²) in [6.07, 6.45) is 0.523. The van der Waals surface area contributed by atoms with E-state index in [2.05, 4.69) is 0 Å². The summed E-state index contributed by atoms with van der Waals surface area (Å²) in [6.45, 7) is 5.49. The molecule has 5 heteroatoms. The van der Waals surface area contributed by atoms with Crippen LogP contribution in [0.1, 0.15) is 24.5 Å². The van der Waals surface area contributed by atoms with E-state index in [1.807, 2.05) is 32.0 Å². The van der Waals surface area contributed by atoms with Gasteiger partial charge in [-0.25, -0.2) is 8.42 Å². The zero-order valence-corrected chi connectivity index (χ0v) is 12.3. The van der Waals surface area contributed by atoms with Gasteiger partial charge in [-0.1, -0.05) is 6.07 Å². The molecular weight excluding hydrogens is 262 g/mol. The fourth-order valence-electron chi connectivity index (χ4n) is 2.50. The zero-order chi connectivity index (χ0) is 14.2. The number of rotatable bonds is 2. The topological polar surface area (TPSA) is 54.5 Å². The maximum absolute atomic E-state index is 11.9. The lowest BCUT2D eigenvalue weighted by atomic mass is 10.1. The highest BCUT2D eigenvalue weighted by atomic mass is 32.2. The minimum absolute atomic E-state index is 0.0690. The van der Waals surface area contributed by atoms with Crippen LogP contribution in [0, 0.1) is 13.8 Å². The third kappa shape index (κ3) is 2.97. The predicted octanol–water partition coefficient (Wildman–Crippen LogP) is 1.84. The monoisotopic (exact) mass is 281 g/mol. The quantitative estimate of drug-likeness (QED) is 0.831. The van der Waals surface area contributed by atoms with Crippen LogP contribution in [-0.2, 0) is 14.6 Å². The molecule has 0 aromatic heterocycles. The third-order valence-electron chi connectivity index (χ3n) is 3.68. The number of anilines is 1. The van der Waals surface area contributed by atoms with Crippen LogP contribution in [-0.4, -0.2) is 31.9 Å². The van der Waals surface area contributed by atoms with Crippen molar-refractivity contribution in [3.8, 4) is 0 Å². The second-order valence-corrected chi connectivity index (χ2v) is 7.44. The van der Waals surface area contributed by atoms with Crippen LogP contribution in [0.3, 0.4) is 0 Å². The van der Waals surface area contributed by atoms with Gasteiger partial charge in [0.1, 0.15) is 0 Å². The Morgan fingerprint density at radius 3 is 2.42 bits per heavy atom. The molecule has 1 atom stereocenters. The Hall–Kier alpha value is -1.36. The van der Waals surface area contributed by atoms with Gasteiger partial charge in [-0.2, -0.15) is 0 Å². The predicted molar refractivity (Wildman–Crippen MR) is 76.1 cm³/mol. The van der Waals surface area contributed by atoms with Gasteiger partial charge in [0.15, 0.2) is 9.84 Å². The summed E-state index contributed by atoms with van der Waals surface area (Å²) in [5, 5.41) is 0. The largest absolute Gasteiger partial charge is 0.309 e. The van der Waals surface area contributed by atoms with Crippen molar-refractivity contribution in [2.75, 3.05) is 16.4 Å². The molecule has 1 aromatic rings. The van der Waals surface area contributed by atoms with Crippen molar-refractivity contribution >= 4 is 21.4 Å². The second kappa shape index (κ2) is 4.96. The maximum atomic E-state index is 11.9. The summed E-state index contributed by atoms with van der Waals surface area (Å²) in [4.78, 5) is 13.5. The Morgan fingerprint density at radius 1 is 1.26 bits per heavy atom. The lowest BCUT2D eigenvalue weighted by molar-refractivity contribution is -0.116. The Labute approximate surface area is 114 Å². The Balaban J connectivity index is 2.36. The SMILES string of the molecule is CC(=O)N(c1ccc(C)c(C)c1)C1CCS(=O)(=O)C1. The van der Waals surface area contributed by atoms with Crippen molar-refractivity contribution in [2.45, 2.75) is 33.2 Å². The molecule has 19 heavy (non-hydrogen) atoms. The number of sulfone groups is 1. The standard InChI is InChI=1S/C14H19NO3S/c1-10-4-5-13(8-11(10)2)15(12(3)16)14-6-7-19(17,18)9-14/h4-5,8,14H,6-7,9H2,1-3H3. The van der Waals surface area contributed by atoms with Crippen LogP contribution >= 0.6 is 0 Å². The molecule has 0 radical (unpaired) electrons. The van der Waals surface area contributed by atoms with Gasteiger partial charge in [0.05, 0.1) is 17.5 Å². The van der Waals surface area contributed by atoms with E-state index in [0.29, 0.717) is 6.42 Å². The molecule has 0 saturated carbocycles. The van der Waals surface area contributed by atoms with Gasteiger partial charge in [-0.3, -0.25) is 4.79 Å². The molecule has 1 aliphatic heterocycles. The highest BCUT2D eigenvalue weighted by Crippen LogP contribution is 2.26. The van der Waals surface area contributed by atoms with Crippen molar-refractivity contribution in [1.29, 1.82) is 0 Å². The minimum atomic E-state index is -2.99. The first-order valence-corrected chi connectivity index (χ1v) is 8.20. The van der Waals surface area contributed by atoms with Crippen molar-refractivity contribution < 1.29 is 13.2 Å². The average Bonchev–Trinajstić information content (AvgIpc) is 2.64. The van der Waals surface area contributed by atoms with E-state index in [4.69, 9.17) is 0 Å². The minimum Gasteiger partial charge on any atom is -0.309 e. The normalized spacial score (nSPS) is 21.3. The number of amides is 1. The number of benzene rings is 1. The molecule has 1 heterocycles. The van der Waals surface area contributed by atoms with E-state index < -0.39 is 9.84 Å². The number of hydrogen-bond acceptors (Lipinski definition) is 3. The smallest absolute Gasteiger partial charge is 0.224 e. The zero-order valence-electron chi connectivity index (χ0n) is 11.5. The van der Waals surface area contributed by atoms with Crippen LogP contribution in [0.4, 0.5) is 5.69 Å². The molecule has 0 N–H and O–H groups in total. The summed E-state index contributed by atoms with van der Waals surface area (Å²) in [5.74, 6) is 0.136. The molecule has 0 spiro atoms. The molecule has 1 unspecified atom stereocenters. The molecule has 0 bridgehead atoms. The summed E-state index contributed by atoms with van der Waals surface area (Å²) in [5.41, 5.74) is 3.05. The van der Waals surface area contributed by atoms with E-state index in [0.717, 1.165) is 16.8 Å². The van der Waals surface area contributed by atoms with Gasteiger partial charge in [0.25, 0.3) is 0 Å². The fourth-order valence-corrected chi connectivity index (χ4v) is 4.20. The highest BCUT2D eigenvalue weighted by molar-refractivity contribution is 7.91. The van der Waals surface area contributed by atoms with E-state index in [1.165, 1.54) is 6.92 Å². The summed E-state index contributed by atoms with van der Waals surface area (Å²) < 4.78 is 23.2. The first kappa shape index (κ1) is 14.1. The van der Waals surface area contributed by atoms with Crippen molar-refractivity contribution in [1.82, 2.24) is 0 Å². The number of nitrogens with zero attached hydrogens (tertiary/aromatic N) is 1. The highest BCUT2D eigenvalue weighted by Gasteiger charge is 2.34. The van der Waals surface area contributed by atoms with E-state index in [9.17, 15) is 13.2 Å². The molecule has 0 aliphatic carbocycles. The maximum Gasteiger partial charge on any atom is 0.224 e. The second-order valence-electron chi connectivity index (χ2n) is 5.21. The third-order valence-corrected chi connectivity index (χ3v) is 5.43. The van der Waals surface area contributed by atoms with E-state index in [-0.39, 0.29) is 23.5 Å². The lowest BCUT2D eigenvalue weighted by Gasteiger charge is -2.27. The first-order chi connectivity index (χ1) is 8.80. The number of carbonyl (C=O) groups is 1. The van der Waals surface area contributed by atoms with Gasteiger partial charge in [-0.15, -0.1) is 0 Å². The lowest BCUT2D eigenvalue weighted by Crippen LogP contribution is -2.40. The van der Waals surface area contributed by atoms with Gasteiger partial charge in [-0.05, 0) is 43.5 Å². The van der Waals surface area contributed by atoms with Gasteiger partial charge < -0.3 is 4.90 Å². The Bertz CT molecular complexity index is 607. The van der Waals surface area contributed by atoms with Gasteiger partial charge in [0, 0.05) is 12.6 Å². The Morgan fingerprint density at radius 2 is 1.95 bits per heavy atom. The molecule has 4 nitrogen and oxygen atoms in total. The van der Waals surface area contributed by atoms with Crippen LogP contribution < -0.4 is 4.90 Å². The van der Waals surface area contributed by atoms with Crippen molar-refractivity contribution in [3.05, 3.63) is 29.3 Å². The van der Waals surface area contributed by atoms with Crippen molar-refractivity contribution in [3.63, 3.8) is 0 Å². The number of aryl methyl sites for hydroxylation is 2. The molecule has 104 valence electrons. The number of hydrogen-bond donors (Lipinski definition) is 0. The van der Waals surface area contributed by atoms with Crippen LogP contribution in [0.15, 0.2) is 18.2 Å². The van der Waals surface area contributed by atoms with Crippen LogP contribution in [0.2, 0.25) is 0 Å². The molecule has 1 fully saturated rings. The van der Waals surface area contributed by atoms with E-state index >= 15 is 0 Å². The van der Waals surface area contributed by atoms with Gasteiger partial charge in [0.2, 0.25) is 5.91 Å². The van der Waals surface area contributed by atoms with E-state index in [1.54, 1.807) is 4.90 Å². The summed E-state index contributed by atoms with van der Waals surface area (Å²) >= 11 is 0. The fraction of sp³-hybridized carbons (Fsp3) is 0.500. The van der Waals surface area contributed by atoms with Gasteiger partial charge >= 0.3 is 0 Å². The molecular formula is C14H19NO3S. The number of carbonyl (C=O) groups excluding carboxylic acids is 1. The average molecular weight is 281 g/mol. The molecule has 1 amide bonds. The Kier molecular flexibility index (Phi) is 3.67. The molecule has 1 aliphatic rings. The molecule has 1 aromatic carbocycles. The first-order valence-electron chi connectivity index (χ1n) is 6.37. The molecule has 2 rings (SSSR count). The summed E-state index contributed by atoms with van der Waals surface area (Å²) in [7, 11) is -2.99. The molecule has 1 saturated heterocycles. The van der Waals surface area contributed by atoms with Crippen LogP contribution in [0.25, 0.3) is 0 Å². The van der Waals surface area contributed by atoms with Crippen LogP contribution in [0.5, 0.6) is 0 Å². The van der Waals surface area contributed by atoms with Crippen molar-refractivity contribution in [2.24, 2.45) is 0 Å².